The number of halogens is 3. The van der Waals surface area contributed by atoms with Gasteiger partial charge in [0.15, 0.2) is 11.5 Å². The molecule has 1 saturated heterocycles. The molecule has 2 N–H and O–H groups in total. The van der Waals surface area contributed by atoms with Crippen molar-refractivity contribution in [3.05, 3.63) is 6.33 Å². The number of hydrogen-bond acceptors (Lipinski definition) is 5. The Morgan fingerprint density at radius 2 is 2.19 bits per heavy atom. The first-order valence-electron chi connectivity index (χ1n) is 6.69. The topological polar surface area (TPSA) is 69.7 Å². The van der Waals surface area contributed by atoms with Crippen LogP contribution in [0.5, 0.6) is 0 Å². The number of piperidine rings is 1. The third-order valence-electron chi connectivity index (χ3n) is 3.67. The molecule has 0 aromatic carbocycles. The van der Waals surface area contributed by atoms with Crippen LogP contribution in [0.3, 0.4) is 0 Å². The lowest BCUT2D eigenvalue weighted by molar-refractivity contribution is -0.176. The summed E-state index contributed by atoms with van der Waals surface area (Å²) >= 11 is 0. The number of rotatable bonds is 2. The molecule has 2 aromatic heterocycles. The molecule has 6 nitrogen and oxygen atoms in total. The van der Waals surface area contributed by atoms with Crippen LogP contribution in [-0.4, -0.2) is 46.2 Å². The molecule has 0 amide bonds. The SMILES string of the molecule is CNc1nc(N2CCCC(C(F)(F)F)C2)c2[nH]cnc2n1. The van der Waals surface area contributed by atoms with Crippen LogP contribution in [0.15, 0.2) is 6.33 Å². The van der Waals surface area contributed by atoms with Gasteiger partial charge in [0.2, 0.25) is 5.95 Å². The number of nitrogens with zero attached hydrogens (tertiary/aromatic N) is 4. The minimum absolute atomic E-state index is 0.0855. The number of aromatic amines is 1. The third kappa shape index (κ3) is 2.59. The van der Waals surface area contributed by atoms with E-state index in [1.165, 1.54) is 6.33 Å². The van der Waals surface area contributed by atoms with Crippen molar-refractivity contribution in [2.24, 2.45) is 5.92 Å². The average molecular weight is 300 g/mol. The summed E-state index contributed by atoms with van der Waals surface area (Å²) < 4.78 is 38.8. The summed E-state index contributed by atoms with van der Waals surface area (Å²) in [5.41, 5.74) is 1.01. The van der Waals surface area contributed by atoms with E-state index in [1.54, 1.807) is 11.9 Å². The van der Waals surface area contributed by atoms with Crippen molar-refractivity contribution in [1.29, 1.82) is 0 Å². The Balaban J connectivity index is 1.97. The second kappa shape index (κ2) is 5.05. The average Bonchev–Trinajstić information content (AvgIpc) is 2.93. The van der Waals surface area contributed by atoms with Crippen molar-refractivity contribution in [2.75, 3.05) is 30.4 Å². The van der Waals surface area contributed by atoms with Crippen LogP contribution < -0.4 is 10.2 Å². The predicted molar refractivity (Wildman–Crippen MR) is 72.2 cm³/mol. The highest BCUT2D eigenvalue weighted by atomic mass is 19.4. The second-order valence-corrected chi connectivity index (χ2v) is 5.05. The van der Waals surface area contributed by atoms with E-state index in [0.29, 0.717) is 35.9 Å². The third-order valence-corrected chi connectivity index (χ3v) is 3.67. The number of imidazole rings is 1. The normalized spacial score (nSPS) is 20.0. The highest BCUT2D eigenvalue weighted by molar-refractivity contribution is 5.84. The van der Waals surface area contributed by atoms with Crippen LogP contribution in [0.4, 0.5) is 24.9 Å². The van der Waals surface area contributed by atoms with Gasteiger partial charge in [-0.05, 0) is 12.8 Å². The van der Waals surface area contributed by atoms with Gasteiger partial charge in [0.05, 0.1) is 12.2 Å². The fraction of sp³-hybridized carbons (Fsp3) is 0.583. The molecule has 1 aliphatic rings. The van der Waals surface area contributed by atoms with Gasteiger partial charge in [-0.1, -0.05) is 0 Å². The summed E-state index contributed by atoms with van der Waals surface area (Å²) in [6.45, 7) is 0.457. The quantitative estimate of drug-likeness (QED) is 0.889. The van der Waals surface area contributed by atoms with E-state index in [0.717, 1.165) is 0 Å². The van der Waals surface area contributed by atoms with Crippen molar-refractivity contribution >= 4 is 22.9 Å². The molecule has 2 aromatic rings. The van der Waals surface area contributed by atoms with Gasteiger partial charge in [-0.25, -0.2) is 4.98 Å². The molecule has 3 heterocycles. The minimum Gasteiger partial charge on any atom is -0.357 e. The summed E-state index contributed by atoms with van der Waals surface area (Å²) in [6.07, 6.45) is -2.06. The number of fused-ring (bicyclic) bond motifs is 1. The number of alkyl halides is 3. The van der Waals surface area contributed by atoms with E-state index in [-0.39, 0.29) is 13.0 Å². The summed E-state index contributed by atoms with van der Waals surface area (Å²) in [5, 5.41) is 2.80. The number of anilines is 2. The van der Waals surface area contributed by atoms with Crippen molar-refractivity contribution in [1.82, 2.24) is 19.9 Å². The Hall–Kier alpha value is -2.06. The van der Waals surface area contributed by atoms with Crippen LogP contribution >= 0.6 is 0 Å². The van der Waals surface area contributed by atoms with Gasteiger partial charge < -0.3 is 15.2 Å². The zero-order valence-corrected chi connectivity index (χ0v) is 11.4. The van der Waals surface area contributed by atoms with Gasteiger partial charge in [0.25, 0.3) is 0 Å². The van der Waals surface area contributed by atoms with E-state index in [1.807, 2.05) is 0 Å². The lowest BCUT2D eigenvalue weighted by Gasteiger charge is -2.34. The van der Waals surface area contributed by atoms with Crippen LogP contribution in [0.25, 0.3) is 11.2 Å². The molecule has 0 spiro atoms. The van der Waals surface area contributed by atoms with Gasteiger partial charge in [-0.15, -0.1) is 0 Å². The molecule has 3 rings (SSSR count). The fourth-order valence-corrected chi connectivity index (χ4v) is 2.60. The smallest absolute Gasteiger partial charge is 0.357 e. The van der Waals surface area contributed by atoms with Gasteiger partial charge >= 0.3 is 6.18 Å². The molecule has 1 unspecified atom stereocenters. The number of hydrogen-bond donors (Lipinski definition) is 2. The predicted octanol–water partition coefficient (Wildman–Crippen LogP) is 2.17. The number of H-pyrrole nitrogens is 1. The first kappa shape index (κ1) is 13.9. The standard InChI is InChI=1S/C12H15F3N6/c1-16-11-19-9-8(17-6-18-9)10(20-11)21-4-2-3-7(5-21)12(13,14)15/h6-7H,2-5H2,1H3,(H2,16,17,18,19,20). The zero-order chi connectivity index (χ0) is 15.0. The maximum Gasteiger partial charge on any atom is 0.393 e. The second-order valence-electron chi connectivity index (χ2n) is 5.05. The fourth-order valence-electron chi connectivity index (χ4n) is 2.60. The van der Waals surface area contributed by atoms with Crippen molar-refractivity contribution < 1.29 is 13.2 Å². The molecule has 0 radical (unpaired) electrons. The molecular weight excluding hydrogens is 285 g/mol. The first-order valence-corrected chi connectivity index (χ1v) is 6.69. The molecule has 0 bridgehead atoms. The highest BCUT2D eigenvalue weighted by Crippen LogP contribution is 2.35. The highest BCUT2D eigenvalue weighted by Gasteiger charge is 2.42. The Kier molecular flexibility index (Phi) is 3.34. The molecule has 21 heavy (non-hydrogen) atoms. The van der Waals surface area contributed by atoms with E-state index < -0.39 is 12.1 Å². The van der Waals surface area contributed by atoms with Gasteiger partial charge in [0.1, 0.15) is 5.52 Å². The minimum atomic E-state index is -4.18. The Labute approximate surface area is 118 Å². The number of aromatic nitrogens is 4. The molecule has 0 aliphatic carbocycles. The van der Waals surface area contributed by atoms with Crippen LogP contribution in [-0.2, 0) is 0 Å². The van der Waals surface area contributed by atoms with E-state index >= 15 is 0 Å². The van der Waals surface area contributed by atoms with Gasteiger partial charge in [-0.3, -0.25) is 0 Å². The lowest BCUT2D eigenvalue weighted by atomic mass is 9.97. The molecule has 1 aliphatic heterocycles. The molecular formula is C12H15F3N6. The summed E-state index contributed by atoms with van der Waals surface area (Å²) in [6, 6.07) is 0. The van der Waals surface area contributed by atoms with Crippen molar-refractivity contribution in [3.63, 3.8) is 0 Å². The number of nitrogens with one attached hydrogen (secondary N) is 2. The van der Waals surface area contributed by atoms with E-state index in [9.17, 15) is 13.2 Å². The first-order chi connectivity index (χ1) is 9.99. The van der Waals surface area contributed by atoms with Gasteiger partial charge in [0, 0.05) is 20.1 Å². The Morgan fingerprint density at radius 1 is 1.38 bits per heavy atom. The Bertz CT molecular complexity index is 637. The summed E-state index contributed by atoms with van der Waals surface area (Å²) in [4.78, 5) is 17.1. The van der Waals surface area contributed by atoms with E-state index in [4.69, 9.17) is 0 Å². The lowest BCUT2D eigenvalue weighted by Crippen LogP contribution is -2.42. The summed E-state index contributed by atoms with van der Waals surface area (Å²) in [7, 11) is 1.66. The monoisotopic (exact) mass is 300 g/mol. The Morgan fingerprint density at radius 3 is 2.90 bits per heavy atom. The largest absolute Gasteiger partial charge is 0.393 e. The van der Waals surface area contributed by atoms with E-state index in [2.05, 4.69) is 25.3 Å². The molecule has 114 valence electrons. The zero-order valence-electron chi connectivity index (χ0n) is 11.4. The molecule has 0 saturated carbocycles. The maximum absolute atomic E-state index is 12.9. The van der Waals surface area contributed by atoms with Crippen LogP contribution in [0.1, 0.15) is 12.8 Å². The van der Waals surface area contributed by atoms with Gasteiger partial charge in [-0.2, -0.15) is 23.1 Å². The maximum atomic E-state index is 12.9. The van der Waals surface area contributed by atoms with Crippen LogP contribution in [0.2, 0.25) is 0 Å². The summed E-state index contributed by atoms with van der Waals surface area (Å²) in [5.74, 6) is -0.508. The van der Waals surface area contributed by atoms with Crippen molar-refractivity contribution in [3.8, 4) is 0 Å². The molecule has 9 heteroatoms. The van der Waals surface area contributed by atoms with Crippen LogP contribution in [0, 0.1) is 5.92 Å². The van der Waals surface area contributed by atoms with Crippen molar-refractivity contribution in [2.45, 2.75) is 19.0 Å². The molecule has 1 fully saturated rings. The molecule has 1 atom stereocenters.